The molecule has 0 fully saturated rings. The molecule has 0 saturated carbocycles. The summed E-state index contributed by atoms with van der Waals surface area (Å²) in [6, 6.07) is 3.12. The van der Waals surface area contributed by atoms with Crippen LogP contribution >= 0.6 is 0 Å². The number of aromatic nitrogens is 2. The number of nitrogens with zero attached hydrogens (tertiary/aromatic N) is 2. The maximum atomic E-state index is 13.6. The standard InChI is InChI=1S/C13H11F2N3O3S/c1-8(12-9(14)3-2-4-10(12)15)13(19)18-22(20,21)11-7-16-5-6-17-11/h2-8H,1H3,(H,18,19). The zero-order valence-corrected chi connectivity index (χ0v) is 12.1. The Morgan fingerprint density at radius 1 is 1.23 bits per heavy atom. The monoisotopic (exact) mass is 327 g/mol. The van der Waals surface area contributed by atoms with E-state index in [2.05, 4.69) is 9.97 Å². The first kappa shape index (κ1) is 16.0. The Labute approximate surface area is 125 Å². The van der Waals surface area contributed by atoms with Gasteiger partial charge in [0.25, 0.3) is 10.0 Å². The molecule has 0 bridgehead atoms. The summed E-state index contributed by atoms with van der Waals surface area (Å²) in [5.74, 6) is -4.28. The molecule has 6 nitrogen and oxygen atoms in total. The maximum Gasteiger partial charge on any atom is 0.283 e. The number of nitrogens with one attached hydrogen (secondary N) is 1. The lowest BCUT2D eigenvalue weighted by Gasteiger charge is -2.14. The molecule has 0 aliphatic rings. The Kier molecular flexibility index (Phi) is 4.45. The number of carbonyl (C=O) groups is 1. The van der Waals surface area contributed by atoms with Crippen molar-refractivity contribution in [3.8, 4) is 0 Å². The van der Waals surface area contributed by atoms with E-state index >= 15 is 0 Å². The number of halogens is 2. The Morgan fingerprint density at radius 3 is 2.41 bits per heavy atom. The Hall–Kier alpha value is -2.42. The molecule has 0 aliphatic carbocycles. The zero-order valence-electron chi connectivity index (χ0n) is 11.3. The minimum absolute atomic E-state index is 0.468. The average molecular weight is 327 g/mol. The van der Waals surface area contributed by atoms with Crippen molar-refractivity contribution in [1.82, 2.24) is 14.7 Å². The van der Waals surface area contributed by atoms with E-state index in [0.717, 1.165) is 30.6 Å². The SMILES string of the molecule is CC(C(=O)NS(=O)(=O)c1cnccn1)c1c(F)cccc1F. The van der Waals surface area contributed by atoms with Gasteiger partial charge >= 0.3 is 0 Å². The van der Waals surface area contributed by atoms with Gasteiger partial charge < -0.3 is 0 Å². The van der Waals surface area contributed by atoms with E-state index in [1.807, 2.05) is 0 Å². The predicted molar refractivity (Wildman–Crippen MR) is 72.1 cm³/mol. The fraction of sp³-hybridized carbons (Fsp3) is 0.154. The number of hydrogen-bond acceptors (Lipinski definition) is 5. The lowest BCUT2D eigenvalue weighted by atomic mass is 9.99. The lowest BCUT2D eigenvalue weighted by Crippen LogP contribution is -2.34. The fourth-order valence-electron chi connectivity index (χ4n) is 1.75. The molecule has 0 spiro atoms. The summed E-state index contributed by atoms with van der Waals surface area (Å²) in [6.07, 6.45) is 3.35. The van der Waals surface area contributed by atoms with E-state index in [4.69, 9.17) is 0 Å². The highest BCUT2D eigenvalue weighted by atomic mass is 32.2. The minimum Gasteiger partial charge on any atom is -0.273 e. The molecule has 0 aliphatic heterocycles. The number of carbonyl (C=O) groups excluding carboxylic acids is 1. The minimum atomic E-state index is -4.26. The molecule has 9 heteroatoms. The molecule has 1 heterocycles. The van der Waals surface area contributed by atoms with Crippen LogP contribution in [0.5, 0.6) is 0 Å². The van der Waals surface area contributed by atoms with Gasteiger partial charge in [0.2, 0.25) is 5.91 Å². The zero-order chi connectivity index (χ0) is 16.3. The molecular formula is C13H11F2N3O3S. The summed E-state index contributed by atoms with van der Waals surface area (Å²) in [5.41, 5.74) is -0.505. The molecule has 1 N–H and O–H groups in total. The Bertz CT molecular complexity index is 777. The van der Waals surface area contributed by atoms with Gasteiger partial charge in [0.05, 0.1) is 12.1 Å². The van der Waals surface area contributed by atoms with Crippen LogP contribution in [-0.4, -0.2) is 24.3 Å². The first-order valence-electron chi connectivity index (χ1n) is 6.09. The molecule has 0 saturated heterocycles. The van der Waals surface area contributed by atoms with Gasteiger partial charge in [-0.15, -0.1) is 0 Å². The maximum absolute atomic E-state index is 13.6. The third-order valence-electron chi connectivity index (χ3n) is 2.88. The molecule has 2 rings (SSSR count). The molecule has 1 atom stereocenters. The summed E-state index contributed by atoms with van der Waals surface area (Å²) in [5, 5.41) is -0.468. The van der Waals surface area contributed by atoms with Crippen molar-refractivity contribution < 1.29 is 22.0 Å². The van der Waals surface area contributed by atoms with E-state index in [1.54, 1.807) is 4.72 Å². The number of rotatable bonds is 4. The molecule has 116 valence electrons. The van der Waals surface area contributed by atoms with Gasteiger partial charge in [-0.25, -0.2) is 18.5 Å². The molecule has 2 aromatic rings. The van der Waals surface area contributed by atoms with Crippen LogP contribution in [0.25, 0.3) is 0 Å². The smallest absolute Gasteiger partial charge is 0.273 e. The van der Waals surface area contributed by atoms with Gasteiger partial charge in [0, 0.05) is 18.0 Å². The highest BCUT2D eigenvalue weighted by molar-refractivity contribution is 7.90. The van der Waals surface area contributed by atoms with Gasteiger partial charge in [-0.1, -0.05) is 6.07 Å². The normalized spacial score (nSPS) is 12.7. The van der Waals surface area contributed by atoms with Crippen LogP contribution in [0.3, 0.4) is 0 Å². The lowest BCUT2D eigenvalue weighted by molar-refractivity contribution is -0.120. The Balaban J connectivity index is 2.26. The van der Waals surface area contributed by atoms with Gasteiger partial charge in [-0.05, 0) is 19.1 Å². The second-order valence-electron chi connectivity index (χ2n) is 4.37. The average Bonchev–Trinajstić information content (AvgIpc) is 2.47. The van der Waals surface area contributed by atoms with E-state index in [9.17, 15) is 22.0 Å². The van der Waals surface area contributed by atoms with Gasteiger partial charge in [0.15, 0.2) is 5.03 Å². The summed E-state index contributed by atoms with van der Waals surface area (Å²) < 4.78 is 52.8. The highest BCUT2D eigenvalue weighted by Gasteiger charge is 2.27. The van der Waals surface area contributed by atoms with Crippen LogP contribution in [-0.2, 0) is 14.8 Å². The molecule has 22 heavy (non-hydrogen) atoms. The van der Waals surface area contributed by atoms with Crippen LogP contribution in [0.4, 0.5) is 8.78 Å². The molecule has 0 radical (unpaired) electrons. The van der Waals surface area contributed by atoms with Crippen molar-refractivity contribution in [2.24, 2.45) is 0 Å². The second kappa shape index (κ2) is 6.14. The van der Waals surface area contributed by atoms with E-state index < -0.39 is 44.1 Å². The van der Waals surface area contributed by atoms with Crippen LogP contribution in [0, 0.1) is 11.6 Å². The first-order valence-corrected chi connectivity index (χ1v) is 7.58. The van der Waals surface area contributed by atoms with Crippen LogP contribution in [0.15, 0.2) is 41.8 Å². The van der Waals surface area contributed by atoms with Crippen LogP contribution in [0.1, 0.15) is 18.4 Å². The number of hydrogen-bond donors (Lipinski definition) is 1. The number of amides is 1. The Morgan fingerprint density at radius 2 is 1.86 bits per heavy atom. The summed E-state index contributed by atoms with van der Waals surface area (Å²) in [6.45, 7) is 1.20. The van der Waals surface area contributed by atoms with Crippen molar-refractivity contribution in [3.63, 3.8) is 0 Å². The van der Waals surface area contributed by atoms with Crippen molar-refractivity contribution in [2.75, 3.05) is 0 Å². The van der Waals surface area contributed by atoms with Crippen molar-refractivity contribution in [3.05, 3.63) is 54.0 Å². The highest BCUT2D eigenvalue weighted by Crippen LogP contribution is 2.22. The van der Waals surface area contributed by atoms with Crippen LogP contribution < -0.4 is 4.72 Å². The summed E-state index contributed by atoms with van der Waals surface area (Å²) in [7, 11) is -4.26. The third kappa shape index (κ3) is 3.25. The summed E-state index contributed by atoms with van der Waals surface area (Å²) >= 11 is 0. The number of sulfonamides is 1. The fourth-order valence-corrected chi connectivity index (χ4v) is 2.70. The van der Waals surface area contributed by atoms with E-state index in [1.165, 1.54) is 13.1 Å². The second-order valence-corrected chi connectivity index (χ2v) is 6.00. The molecule has 1 amide bonds. The van der Waals surface area contributed by atoms with Gasteiger partial charge in [-0.3, -0.25) is 9.78 Å². The van der Waals surface area contributed by atoms with Gasteiger partial charge in [-0.2, -0.15) is 8.42 Å². The largest absolute Gasteiger partial charge is 0.283 e. The molecule has 1 unspecified atom stereocenters. The van der Waals surface area contributed by atoms with E-state index in [0.29, 0.717) is 0 Å². The topological polar surface area (TPSA) is 89.0 Å². The summed E-state index contributed by atoms with van der Waals surface area (Å²) in [4.78, 5) is 19.1. The van der Waals surface area contributed by atoms with E-state index in [-0.39, 0.29) is 0 Å². The van der Waals surface area contributed by atoms with Gasteiger partial charge in [0.1, 0.15) is 11.6 Å². The quantitative estimate of drug-likeness (QED) is 0.916. The molecule has 1 aromatic carbocycles. The van der Waals surface area contributed by atoms with Crippen LogP contribution in [0.2, 0.25) is 0 Å². The molecular weight excluding hydrogens is 316 g/mol. The third-order valence-corrected chi connectivity index (χ3v) is 4.11. The number of benzene rings is 1. The van der Waals surface area contributed by atoms with Crippen molar-refractivity contribution >= 4 is 15.9 Å². The van der Waals surface area contributed by atoms with Crippen molar-refractivity contribution in [1.29, 1.82) is 0 Å². The predicted octanol–water partition coefficient (Wildman–Crippen LogP) is 1.36. The van der Waals surface area contributed by atoms with Crippen molar-refractivity contribution in [2.45, 2.75) is 17.9 Å². The first-order chi connectivity index (χ1) is 10.3. The molecule has 1 aromatic heterocycles.